The average Bonchev–Trinajstić information content (AvgIpc) is 2.68. The smallest absolute Gasteiger partial charge is 0.164 e. The third-order valence-electron chi connectivity index (χ3n) is 2.78. The van der Waals surface area contributed by atoms with Gasteiger partial charge in [-0.25, -0.2) is 9.67 Å². The van der Waals surface area contributed by atoms with E-state index in [0.29, 0.717) is 0 Å². The molecule has 18 heavy (non-hydrogen) atoms. The second kappa shape index (κ2) is 4.37. The number of aryl methyl sites for hydroxylation is 1. The molecule has 0 amide bonds. The van der Waals surface area contributed by atoms with Gasteiger partial charge >= 0.3 is 0 Å². The Balaban J connectivity index is 2.32. The molecule has 5 heteroatoms. The molecule has 0 aliphatic heterocycles. The molecule has 0 saturated heterocycles. The Morgan fingerprint density at radius 1 is 1.28 bits per heavy atom. The first-order valence-electron chi connectivity index (χ1n) is 5.42. The minimum atomic E-state index is 0.722. The number of fused-ring (bicyclic) bond motifs is 1. The summed E-state index contributed by atoms with van der Waals surface area (Å²) in [6, 6.07) is 9.61. The molecule has 0 unspecified atom stereocenters. The van der Waals surface area contributed by atoms with Crippen LogP contribution in [-0.2, 0) is 0 Å². The summed E-state index contributed by atoms with van der Waals surface area (Å²) in [7, 11) is 0. The van der Waals surface area contributed by atoms with Crippen molar-refractivity contribution in [3.05, 3.63) is 51.7 Å². The van der Waals surface area contributed by atoms with Crippen LogP contribution in [0.3, 0.4) is 0 Å². The second-order valence-electron chi connectivity index (χ2n) is 4.01. The van der Waals surface area contributed by atoms with Gasteiger partial charge in [0.15, 0.2) is 5.65 Å². The lowest BCUT2D eigenvalue weighted by atomic mass is 10.2. The van der Waals surface area contributed by atoms with E-state index in [1.54, 1.807) is 6.20 Å². The fourth-order valence-electron chi connectivity index (χ4n) is 1.94. The maximum absolute atomic E-state index is 5.97. The van der Waals surface area contributed by atoms with Crippen molar-refractivity contribution in [3.8, 4) is 5.69 Å². The fraction of sp³-hybridized carbons (Fsp3) is 0.0769. The molecule has 0 N–H and O–H groups in total. The first kappa shape index (κ1) is 11.7. The zero-order chi connectivity index (χ0) is 12.7. The third-order valence-corrected chi connectivity index (χ3v) is 3.61. The molecule has 0 radical (unpaired) electrons. The lowest BCUT2D eigenvalue weighted by molar-refractivity contribution is 0.879. The number of rotatable bonds is 1. The number of halogens is 2. The molecule has 0 saturated carbocycles. The van der Waals surface area contributed by atoms with Crippen LogP contribution < -0.4 is 0 Å². The van der Waals surface area contributed by atoms with Gasteiger partial charge in [-0.15, -0.1) is 0 Å². The van der Waals surface area contributed by atoms with E-state index >= 15 is 0 Å². The van der Waals surface area contributed by atoms with Crippen molar-refractivity contribution in [2.45, 2.75) is 6.92 Å². The molecule has 0 bridgehead atoms. The van der Waals surface area contributed by atoms with Gasteiger partial charge in [0.1, 0.15) is 4.60 Å². The molecule has 3 nitrogen and oxygen atoms in total. The monoisotopic (exact) mass is 321 g/mol. The molecule has 2 aromatic heterocycles. The topological polar surface area (TPSA) is 30.7 Å². The van der Waals surface area contributed by atoms with Crippen molar-refractivity contribution in [2.75, 3.05) is 0 Å². The molecule has 3 rings (SSSR count). The van der Waals surface area contributed by atoms with Crippen molar-refractivity contribution < 1.29 is 0 Å². The van der Waals surface area contributed by atoms with Crippen LogP contribution in [0.25, 0.3) is 16.7 Å². The molecule has 0 spiro atoms. The second-order valence-corrected chi connectivity index (χ2v) is 5.20. The lowest BCUT2D eigenvalue weighted by Crippen LogP contribution is -1.99. The number of aromatic nitrogens is 3. The molecule has 3 aromatic rings. The molecular weight excluding hydrogens is 314 g/mol. The first-order chi connectivity index (χ1) is 8.66. The molecule has 0 aliphatic carbocycles. The third kappa shape index (κ3) is 1.82. The van der Waals surface area contributed by atoms with Crippen LogP contribution in [0.1, 0.15) is 5.56 Å². The van der Waals surface area contributed by atoms with Gasteiger partial charge in [0.2, 0.25) is 0 Å². The van der Waals surface area contributed by atoms with Gasteiger partial charge in [-0.05, 0) is 58.7 Å². The zero-order valence-electron chi connectivity index (χ0n) is 9.56. The van der Waals surface area contributed by atoms with Gasteiger partial charge in [0.05, 0.1) is 11.1 Å². The summed E-state index contributed by atoms with van der Waals surface area (Å²) in [6.07, 6.45) is 1.76. The van der Waals surface area contributed by atoms with Gasteiger partial charge in [-0.1, -0.05) is 11.6 Å². The van der Waals surface area contributed by atoms with Crippen LogP contribution in [0.2, 0.25) is 5.02 Å². The summed E-state index contributed by atoms with van der Waals surface area (Å²) in [5.41, 5.74) is 2.87. The largest absolute Gasteiger partial charge is 0.236 e. The maximum Gasteiger partial charge on any atom is 0.164 e. The molecule has 90 valence electrons. The van der Waals surface area contributed by atoms with Crippen molar-refractivity contribution in [1.82, 2.24) is 14.8 Å². The number of hydrogen-bond acceptors (Lipinski definition) is 2. The minimum Gasteiger partial charge on any atom is -0.236 e. The molecular formula is C13H9BrClN3. The quantitative estimate of drug-likeness (QED) is 0.674. The van der Waals surface area contributed by atoms with Gasteiger partial charge in [-0.2, -0.15) is 5.10 Å². The highest BCUT2D eigenvalue weighted by molar-refractivity contribution is 9.10. The Kier molecular flexibility index (Phi) is 2.84. The van der Waals surface area contributed by atoms with Crippen LogP contribution in [-0.4, -0.2) is 14.8 Å². The van der Waals surface area contributed by atoms with Crippen molar-refractivity contribution in [1.29, 1.82) is 0 Å². The zero-order valence-corrected chi connectivity index (χ0v) is 11.9. The van der Waals surface area contributed by atoms with E-state index in [9.17, 15) is 0 Å². The van der Waals surface area contributed by atoms with E-state index in [1.807, 2.05) is 41.9 Å². The summed E-state index contributed by atoms with van der Waals surface area (Å²) in [6.45, 7) is 2.01. The van der Waals surface area contributed by atoms with E-state index in [4.69, 9.17) is 11.6 Å². The van der Waals surface area contributed by atoms with Crippen molar-refractivity contribution in [3.63, 3.8) is 0 Å². The number of hydrogen-bond donors (Lipinski definition) is 0. The maximum atomic E-state index is 5.97. The van der Waals surface area contributed by atoms with Crippen LogP contribution in [0.4, 0.5) is 0 Å². The normalized spacial score (nSPS) is 11.1. The number of pyridine rings is 1. The van der Waals surface area contributed by atoms with Crippen LogP contribution in [0, 0.1) is 6.92 Å². The predicted octanol–water partition coefficient (Wildman–Crippen LogP) is 4.14. The highest BCUT2D eigenvalue weighted by Gasteiger charge is 2.12. The molecule has 0 atom stereocenters. The summed E-state index contributed by atoms with van der Waals surface area (Å²) in [5.74, 6) is 0. The number of benzene rings is 1. The highest BCUT2D eigenvalue weighted by Crippen LogP contribution is 2.26. The summed E-state index contributed by atoms with van der Waals surface area (Å²) in [4.78, 5) is 4.38. The predicted molar refractivity (Wildman–Crippen MR) is 76.3 cm³/mol. The van der Waals surface area contributed by atoms with Gasteiger partial charge < -0.3 is 0 Å². The van der Waals surface area contributed by atoms with Crippen molar-refractivity contribution in [2.24, 2.45) is 0 Å². The standard InChI is InChI=1S/C13H9BrClN3/c1-8-7-9(15)4-5-11(8)18-13-10(12(14)17-18)3-2-6-16-13/h2-7H,1H3. The summed E-state index contributed by atoms with van der Waals surface area (Å²) < 4.78 is 2.62. The van der Waals surface area contributed by atoms with E-state index in [-0.39, 0.29) is 0 Å². The van der Waals surface area contributed by atoms with E-state index in [0.717, 1.165) is 31.9 Å². The van der Waals surface area contributed by atoms with Crippen molar-refractivity contribution >= 4 is 38.6 Å². The first-order valence-corrected chi connectivity index (χ1v) is 6.59. The molecule has 2 heterocycles. The Hall–Kier alpha value is -1.39. The SMILES string of the molecule is Cc1cc(Cl)ccc1-n1nc(Br)c2cccnc21. The van der Waals surface area contributed by atoms with Gasteiger partial charge in [0.25, 0.3) is 0 Å². The van der Waals surface area contributed by atoms with Crippen LogP contribution in [0.15, 0.2) is 41.1 Å². The Labute approximate surface area is 118 Å². The van der Waals surface area contributed by atoms with E-state index in [2.05, 4.69) is 26.0 Å². The van der Waals surface area contributed by atoms with Gasteiger partial charge in [-0.3, -0.25) is 0 Å². The number of nitrogens with zero attached hydrogens (tertiary/aromatic N) is 3. The fourth-order valence-corrected chi connectivity index (χ4v) is 2.64. The molecule has 0 aliphatic rings. The molecule has 0 fully saturated rings. The summed E-state index contributed by atoms with van der Waals surface area (Å²) in [5, 5.41) is 6.19. The van der Waals surface area contributed by atoms with Crippen LogP contribution in [0.5, 0.6) is 0 Å². The van der Waals surface area contributed by atoms with E-state index in [1.165, 1.54) is 0 Å². The highest BCUT2D eigenvalue weighted by atomic mass is 79.9. The van der Waals surface area contributed by atoms with Crippen LogP contribution >= 0.6 is 27.5 Å². The average molecular weight is 323 g/mol. The van der Waals surface area contributed by atoms with E-state index < -0.39 is 0 Å². The minimum absolute atomic E-state index is 0.722. The lowest BCUT2D eigenvalue weighted by Gasteiger charge is -2.06. The summed E-state index contributed by atoms with van der Waals surface area (Å²) >= 11 is 9.43. The Morgan fingerprint density at radius 2 is 2.11 bits per heavy atom. The Bertz CT molecular complexity index is 736. The Morgan fingerprint density at radius 3 is 2.89 bits per heavy atom. The molecule has 1 aromatic carbocycles. The van der Waals surface area contributed by atoms with Gasteiger partial charge in [0, 0.05) is 11.2 Å².